The fourth-order valence-corrected chi connectivity index (χ4v) is 5.54. The van der Waals surface area contributed by atoms with Gasteiger partial charge in [-0.15, -0.1) is 11.8 Å². The zero-order valence-corrected chi connectivity index (χ0v) is 15.0. The number of carboxylic acids is 2. The van der Waals surface area contributed by atoms with Gasteiger partial charge in [0.25, 0.3) is 0 Å². The Balaban J connectivity index is 0.00000243. The summed E-state index contributed by atoms with van der Waals surface area (Å²) in [6, 6.07) is -0.344. The third-order valence-corrected chi connectivity index (χ3v) is 6.63. The van der Waals surface area contributed by atoms with E-state index in [0.29, 0.717) is 5.56 Å². The van der Waals surface area contributed by atoms with Gasteiger partial charge in [-0.3, -0.25) is 14.4 Å². The van der Waals surface area contributed by atoms with Crippen molar-refractivity contribution in [3.8, 4) is 0 Å². The van der Waals surface area contributed by atoms with Crippen LogP contribution in [0.4, 0.5) is 0 Å². The number of rotatable bonds is 5. The number of carbonyl (C=O) groups excluding carboxylic acids is 2. The van der Waals surface area contributed by atoms with E-state index in [1.165, 1.54) is 28.0 Å². The van der Waals surface area contributed by atoms with Gasteiger partial charge < -0.3 is 20.4 Å². The van der Waals surface area contributed by atoms with Crippen molar-refractivity contribution < 1.29 is 29.4 Å². The summed E-state index contributed by atoms with van der Waals surface area (Å²) in [7, 11) is 0. The van der Waals surface area contributed by atoms with E-state index < -0.39 is 51.9 Å². The van der Waals surface area contributed by atoms with Crippen LogP contribution < -0.4 is 5.32 Å². The van der Waals surface area contributed by atoms with E-state index in [4.69, 9.17) is 0 Å². The van der Waals surface area contributed by atoms with E-state index >= 15 is 0 Å². The van der Waals surface area contributed by atoms with Gasteiger partial charge in [0.1, 0.15) is 17.5 Å². The molecule has 26 heavy (non-hydrogen) atoms. The average molecular weight is 425 g/mol. The Bertz CT molecular complexity index is 753. The van der Waals surface area contributed by atoms with Crippen LogP contribution in [0.25, 0.3) is 0 Å². The van der Waals surface area contributed by atoms with Crippen molar-refractivity contribution in [1.82, 2.24) is 10.2 Å². The minimum absolute atomic E-state index is 0. The van der Waals surface area contributed by atoms with E-state index in [9.17, 15) is 29.4 Å². The number of nitrogens with one attached hydrogen (secondary N) is 1. The third kappa shape index (κ3) is 3.62. The van der Waals surface area contributed by atoms with Crippen molar-refractivity contribution in [3.63, 3.8) is 0 Å². The average Bonchev–Trinajstić information content (AvgIpc) is 3.09. The molecule has 0 aliphatic carbocycles. The van der Waals surface area contributed by atoms with Crippen molar-refractivity contribution >= 4 is 98.2 Å². The van der Waals surface area contributed by atoms with Crippen LogP contribution in [0.3, 0.4) is 0 Å². The van der Waals surface area contributed by atoms with Crippen LogP contribution in [0.15, 0.2) is 16.8 Å². The van der Waals surface area contributed by atoms with Crippen LogP contribution in [-0.4, -0.2) is 112 Å². The summed E-state index contributed by atoms with van der Waals surface area (Å²) < 4.78 is -0.703. The molecule has 3 heterocycles. The van der Waals surface area contributed by atoms with Gasteiger partial charge >= 0.3 is 63.3 Å². The van der Waals surface area contributed by atoms with Gasteiger partial charge in [-0.2, -0.15) is 11.3 Å². The van der Waals surface area contributed by atoms with Gasteiger partial charge in [0.2, 0.25) is 11.8 Å². The summed E-state index contributed by atoms with van der Waals surface area (Å²) in [5, 5.41) is 23.9. The van der Waals surface area contributed by atoms with Crippen LogP contribution in [0.5, 0.6) is 0 Å². The molecule has 136 valence electrons. The SMILES string of the molecule is CC1(C)S[C@@H]2[C@H](NC(=O)[C@H](C(=O)O)c3ccsc3)C(=O)N2[C@H]1C(=O)O.[KH]. The molecule has 2 amide bonds. The Hall–Kier alpha value is -0.434. The molecule has 4 atom stereocenters. The van der Waals surface area contributed by atoms with Crippen molar-refractivity contribution in [2.45, 2.75) is 42.0 Å². The summed E-state index contributed by atoms with van der Waals surface area (Å²) in [5.74, 6) is -5.08. The summed E-state index contributed by atoms with van der Waals surface area (Å²) >= 11 is 2.56. The molecule has 0 spiro atoms. The normalized spacial score (nSPS) is 26.9. The first kappa shape index (κ1) is 21.9. The van der Waals surface area contributed by atoms with Gasteiger partial charge in [-0.25, -0.2) is 4.79 Å². The standard InChI is InChI=1S/C15H16N2O6S2.K.H/c1-15(2)9(14(22)23)17-11(19)8(12(17)25-15)16-10(18)7(13(20)21)6-3-4-24-5-6;;/h3-5,7-9,12H,1-2H3,(H,16,18)(H,20,21)(H,22,23);;/t7-,8-,9+,12-;;/m1../s1. The summed E-state index contributed by atoms with van der Waals surface area (Å²) in [5.41, 5.74) is 0.349. The van der Waals surface area contributed by atoms with Crippen molar-refractivity contribution in [2.24, 2.45) is 0 Å². The molecule has 3 N–H and O–H groups in total. The van der Waals surface area contributed by atoms with Crippen molar-refractivity contribution in [3.05, 3.63) is 22.4 Å². The fraction of sp³-hybridized carbons (Fsp3) is 0.467. The Morgan fingerprint density at radius 3 is 2.46 bits per heavy atom. The van der Waals surface area contributed by atoms with E-state index in [1.54, 1.807) is 30.7 Å². The second-order valence-electron chi connectivity index (χ2n) is 6.41. The number of amides is 2. The molecule has 2 aliphatic heterocycles. The van der Waals surface area contributed by atoms with Gasteiger partial charge in [-0.05, 0) is 36.2 Å². The first-order valence-corrected chi connectivity index (χ1v) is 9.25. The van der Waals surface area contributed by atoms with Crippen LogP contribution in [0, 0.1) is 0 Å². The Kier molecular flexibility index (Phi) is 6.64. The summed E-state index contributed by atoms with van der Waals surface area (Å²) in [4.78, 5) is 48.9. The molecule has 1 aromatic heterocycles. The molecule has 0 aromatic carbocycles. The first-order chi connectivity index (χ1) is 11.6. The van der Waals surface area contributed by atoms with Crippen LogP contribution >= 0.6 is 23.1 Å². The Morgan fingerprint density at radius 1 is 1.31 bits per heavy atom. The topological polar surface area (TPSA) is 124 Å². The van der Waals surface area contributed by atoms with Gasteiger partial charge in [0, 0.05) is 4.75 Å². The van der Waals surface area contributed by atoms with E-state index in [0.717, 1.165) is 0 Å². The number of carboxylic acid groups (broad SMARTS) is 2. The summed E-state index contributed by atoms with van der Waals surface area (Å²) in [6.07, 6.45) is 0. The van der Waals surface area contributed by atoms with Crippen LogP contribution in [-0.2, 0) is 19.2 Å². The zero-order chi connectivity index (χ0) is 18.5. The molecule has 0 radical (unpaired) electrons. The number of β-lactam (4-membered cyclic amide) rings is 1. The fourth-order valence-electron chi connectivity index (χ4n) is 3.23. The quantitative estimate of drug-likeness (QED) is 0.342. The number of thioether (sulfide) groups is 1. The van der Waals surface area contributed by atoms with E-state index in [-0.39, 0.29) is 51.4 Å². The van der Waals surface area contributed by atoms with Gasteiger partial charge in [0.05, 0.1) is 0 Å². The number of fused-ring (bicyclic) bond motifs is 1. The monoisotopic (exact) mass is 424 g/mol. The number of carbonyl (C=O) groups is 4. The molecule has 2 fully saturated rings. The molecular formula is C15H17KN2O6S2. The van der Waals surface area contributed by atoms with Crippen LogP contribution in [0.2, 0.25) is 0 Å². The summed E-state index contributed by atoms with van der Waals surface area (Å²) in [6.45, 7) is 3.46. The van der Waals surface area contributed by atoms with Crippen molar-refractivity contribution in [1.29, 1.82) is 0 Å². The number of aliphatic carboxylic acids is 2. The Morgan fingerprint density at radius 2 is 1.96 bits per heavy atom. The number of hydrogen-bond acceptors (Lipinski definition) is 6. The predicted octanol–water partition coefficient (Wildman–Crippen LogP) is -0.100. The molecule has 2 aliphatic rings. The number of hydrogen-bond donors (Lipinski definition) is 3. The molecule has 1 aromatic rings. The predicted molar refractivity (Wildman–Crippen MR) is 97.5 cm³/mol. The molecule has 11 heteroatoms. The van der Waals surface area contributed by atoms with Gasteiger partial charge in [0.15, 0.2) is 5.92 Å². The third-order valence-electron chi connectivity index (χ3n) is 4.36. The van der Waals surface area contributed by atoms with Crippen LogP contribution in [0.1, 0.15) is 25.3 Å². The molecule has 2 saturated heterocycles. The van der Waals surface area contributed by atoms with E-state index in [1.807, 2.05) is 0 Å². The molecular weight excluding hydrogens is 407 g/mol. The number of thiophene rings is 1. The van der Waals surface area contributed by atoms with Gasteiger partial charge in [-0.1, -0.05) is 0 Å². The molecule has 3 rings (SSSR count). The second kappa shape index (κ2) is 7.90. The Labute approximate surface area is 200 Å². The van der Waals surface area contributed by atoms with E-state index in [2.05, 4.69) is 5.32 Å². The molecule has 0 bridgehead atoms. The maximum absolute atomic E-state index is 12.4. The molecule has 0 saturated carbocycles. The molecule has 8 nitrogen and oxygen atoms in total. The molecule has 0 unspecified atom stereocenters. The zero-order valence-electron chi connectivity index (χ0n) is 13.3. The second-order valence-corrected chi connectivity index (χ2v) is 8.96. The van der Waals surface area contributed by atoms with Crippen molar-refractivity contribution in [2.75, 3.05) is 0 Å². The minimum atomic E-state index is -1.40. The maximum atomic E-state index is 12.4. The first-order valence-electron chi connectivity index (χ1n) is 7.43. The number of nitrogens with zero attached hydrogens (tertiary/aromatic N) is 1.